The molecule has 6 heteroatoms. The minimum atomic E-state index is -3.79. The fourth-order valence-electron chi connectivity index (χ4n) is 2.38. The Bertz CT molecular complexity index is 565. The zero-order valence-corrected chi connectivity index (χ0v) is 11.6. The van der Waals surface area contributed by atoms with E-state index in [1.165, 1.54) is 12.1 Å². The Hall–Kier alpha value is -0.980. The van der Waals surface area contributed by atoms with Crippen LogP contribution in [0, 0.1) is 12.7 Å². The molecule has 2 rings (SSSR count). The quantitative estimate of drug-likeness (QED) is 0.886. The Kier molecular flexibility index (Phi) is 3.94. The molecule has 4 nitrogen and oxygen atoms in total. The van der Waals surface area contributed by atoms with Gasteiger partial charge in [0.15, 0.2) is 0 Å². The minimum Gasteiger partial charge on any atom is -0.389 e. The van der Waals surface area contributed by atoms with E-state index in [9.17, 15) is 17.9 Å². The van der Waals surface area contributed by atoms with Crippen LogP contribution in [-0.4, -0.2) is 25.7 Å². The number of halogens is 1. The molecule has 1 fully saturated rings. The van der Waals surface area contributed by atoms with Gasteiger partial charge in [0, 0.05) is 6.54 Å². The topological polar surface area (TPSA) is 66.4 Å². The summed E-state index contributed by atoms with van der Waals surface area (Å²) in [7, 11) is -3.79. The van der Waals surface area contributed by atoms with Gasteiger partial charge in [-0.2, -0.15) is 0 Å². The smallest absolute Gasteiger partial charge is 0.241 e. The molecule has 2 N–H and O–H groups in total. The third-order valence-electron chi connectivity index (χ3n) is 3.57. The van der Waals surface area contributed by atoms with Gasteiger partial charge in [0.25, 0.3) is 0 Å². The largest absolute Gasteiger partial charge is 0.389 e. The van der Waals surface area contributed by atoms with Crippen LogP contribution in [0.4, 0.5) is 4.39 Å². The maximum Gasteiger partial charge on any atom is 0.241 e. The molecule has 19 heavy (non-hydrogen) atoms. The molecule has 0 unspecified atom stereocenters. The number of benzene rings is 1. The van der Waals surface area contributed by atoms with Crippen LogP contribution in [0.5, 0.6) is 0 Å². The van der Waals surface area contributed by atoms with E-state index in [0.29, 0.717) is 18.4 Å². The van der Waals surface area contributed by atoms with Crippen molar-refractivity contribution in [2.75, 3.05) is 6.54 Å². The molecule has 0 amide bonds. The predicted molar refractivity (Wildman–Crippen MR) is 69.7 cm³/mol. The summed E-state index contributed by atoms with van der Waals surface area (Å²) in [4.78, 5) is -0.0749. The number of hydrogen-bond acceptors (Lipinski definition) is 3. The SMILES string of the molecule is Cc1ccc(F)cc1S(=O)(=O)NCC1(O)CCCC1. The summed E-state index contributed by atoms with van der Waals surface area (Å²) in [5, 5.41) is 10.1. The second kappa shape index (κ2) is 5.19. The Morgan fingerprint density at radius 2 is 2.00 bits per heavy atom. The van der Waals surface area contributed by atoms with Crippen LogP contribution in [0.15, 0.2) is 23.1 Å². The summed E-state index contributed by atoms with van der Waals surface area (Å²) in [6.07, 6.45) is 2.99. The molecule has 1 aliphatic carbocycles. The van der Waals surface area contributed by atoms with Crippen LogP contribution in [0.3, 0.4) is 0 Å². The molecule has 0 atom stereocenters. The van der Waals surface area contributed by atoms with Crippen LogP contribution in [0.1, 0.15) is 31.2 Å². The maximum atomic E-state index is 13.2. The van der Waals surface area contributed by atoms with Gasteiger partial charge in [0.2, 0.25) is 10.0 Å². The predicted octanol–water partition coefficient (Wildman–Crippen LogP) is 1.72. The number of sulfonamides is 1. The van der Waals surface area contributed by atoms with Gasteiger partial charge >= 0.3 is 0 Å². The lowest BCUT2D eigenvalue weighted by molar-refractivity contribution is 0.0531. The van der Waals surface area contributed by atoms with Crippen molar-refractivity contribution in [3.63, 3.8) is 0 Å². The van der Waals surface area contributed by atoms with Crippen molar-refractivity contribution in [3.05, 3.63) is 29.6 Å². The van der Waals surface area contributed by atoms with Gasteiger partial charge in [-0.15, -0.1) is 0 Å². The van der Waals surface area contributed by atoms with Gasteiger partial charge in [-0.3, -0.25) is 0 Å². The number of aryl methyl sites for hydroxylation is 1. The van der Waals surface area contributed by atoms with Crippen molar-refractivity contribution in [2.45, 2.75) is 43.1 Å². The van der Waals surface area contributed by atoms with E-state index >= 15 is 0 Å². The van der Waals surface area contributed by atoms with Crippen molar-refractivity contribution in [3.8, 4) is 0 Å². The Balaban J connectivity index is 2.16. The fourth-order valence-corrected chi connectivity index (χ4v) is 3.75. The minimum absolute atomic E-state index is 0.0225. The highest BCUT2D eigenvalue weighted by Crippen LogP contribution is 2.29. The zero-order valence-electron chi connectivity index (χ0n) is 10.8. The Labute approximate surface area is 112 Å². The molecule has 0 heterocycles. The van der Waals surface area contributed by atoms with E-state index in [4.69, 9.17) is 0 Å². The number of hydrogen-bond donors (Lipinski definition) is 2. The second-order valence-corrected chi connectivity index (χ2v) is 6.90. The van der Waals surface area contributed by atoms with Crippen LogP contribution >= 0.6 is 0 Å². The van der Waals surface area contributed by atoms with E-state index in [-0.39, 0.29) is 11.4 Å². The highest BCUT2D eigenvalue weighted by molar-refractivity contribution is 7.89. The van der Waals surface area contributed by atoms with Gasteiger partial charge in [-0.1, -0.05) is 18.9 Å². The van der Waals surface area contributed by atoms with Crippen LogP contribution < -0.4 is 4.72 Å². The van der Waals surface area contributed by atoms with E-state index in [2.05, 4.69) is 4.72 Å². The molecule has 0 saturated heterocycles. The van der Waals surface area contributed by atoms with Crippen LogP contribution in [0.25, 0.3) is 0 Å². The van der Waals surface area contributed by atoms with Crippen LogP contribution in [0.2, 0.25) is 0 Å². The molecular formula is C13H18FNO3S. The molecule has 1 aliphatic rings. The summed E-state index contributed by atoms with van der Waals surface area (Å²) in [6, 6.07) is 3.64. The Morgan fingerprint density at radius 1 is 1.37 bits per heavy atom. The lowest BCUT2D eigenvalue weighted by Gasteiger charge is -2.22. The van der Waals surface area contributed by atoms with Gasteiger partial charge in [-0.25, -0.2) is 17.5 Å². The van der Waals surface area contributed by atoms with Gasteiger partial charge in [-0.05, 0) is 37.5 Å². The standard InChI is InChI=1S/C13H18FNO3S/c1-10-4-5-11(14)8-12(10)19(17,18)15-9-13(16)6-2-3-7-13/h4-5,8,15-16H,2-3,6-7,9H2,1H3. The lowest BCUT2D eigenvalue weighted by Crippen LogP contribution is -2.40. The van der Waals surface area contributed by atoms with Gasteiger partial charge in [0.05, 0.1) is 10.5 Å². The lowest BCUT2D eigenvalue weighted by atomic mass is 10.0. The van der Waals surface area contributed by atoms with E-state index in [0.717, 1.165) is 18.9 Å². The highest BCUT2D eigenvalue weighted by Gasteiger charge is 2.32. The summed E-state index contributed by atoms with van der Waals surface area (Å²) in [5.41, 5.74) is -0.485. The van der Waals surface area contributed by atoms with Crippen molar-refractivity contribution in [1.29, 1.82) is 0 Å². The van der Waals surface area contributed by atoms with E-state index in [1.807, 2.05) is 0 Å². The molecule has 0 aliphatic heterocycles. The molecule has 106 valence electrons. The van der Waals surface area contributed by atoms with Crippen molar-refractivity contribution < 1.29 is 17.9 Å². The van der Waals surface area contributed by atoms with E-state index in [1.54, 1.807) is 6.92 Å². The first-order valence-corrected chi connectivity index (χ1v) is 7.79. The van der Waals surface area contributed by atoms with Crippen molar-refractivity contribution in [2.24, 2.45) is 0 Å². The van der Waals surface area contributed by atoms with E-state index < -0.39 is 21.4 Å². The zero-order chi connectivity index (χ0) is 14.1. The first-order chi connectivity index (χ1) is 8.82. The molecule has 1 saturated carbocycles. The number of nitrogens with one attached hydrogen (secondary N) is 1. The molecule has 0 spiro atoms. The molecular weight excluding hydrogens is 269 g/mol. The third-order valence-corrected chi connectivity index (χ3v) is 5.11. The fraction of sp³-hybridized carbons (Fsp3) is 0.538. The first kappa shape index (κ1) is 14.4. The first-order valence-electron chi connectivity index (χ1n) is 6.31. The summed E-state index contributed by atoms with van der Waals surface area (Å²) >= 11 is 0. The van der Waals surface area contributed by atoms with Crippen molar-refractivity contribution >= 4 is 10.0 Å². The van der Waals surface area contributed by atoms with Crippen molar-refractivity contribution in [1.82, 2.24) is 4.72 Å². The molecule has 0 aromatic heterocycles. The second-order valence-electron chi connectivity index (χ2n) is 5.17. The number of aliphatic hydroxyl groups is 1. The van der Waals surface area contributed by atoms with Crippen LogP contribution in [-0.2, 0) is 10.0 Å². The third kappa shape index (κ3) is 3.32. The summed E-state index contributed by atoms with van der Waals surface area (Å²) in [6.45, 7) is 1.59. The highest BCUT2D eigenvalue weighted by atomic mass is 32.2. The average Bonchev–Trinajstić information content (AvgIpc) is 2.78. The molecule has 0 bridgehead atoms. The van der Waals surface area contributed by atoms with Gasteiger partial charge in [0.1, 0.15) is 5.82 Å². The Morgan fingerprint density at radius 3 is 2.63 bits per heavy atom. The average molecular weight is 287 g/mol. The van der Waals surface area contributed by atoms with Gasteiger partial charge < -0.3 is 5.11 Å². The normalized spacial score (nSPS) is 18.7. The summed E-state index contributed by atoms with van der Waals surface area (Å²) in [5.74, 6) is -0.592. The monoisotopic (exact) mass is 287 g/mol. The summed E-state index contributed by atoms with van der Waals surface area (Å²) < 4.78 is 39.8. The molecule has 1 aromatic rings. The molecule has 0 radical (unpaired) electrons. The number of rotatable bonds is 4. The maximum absolute atomic E-state index is 13.2. The molecule has 1 aromatic carbocycles.